The molecule has 4 aliphatic carbocycles. The van der Waals surface area contributed by atoms with E-state index in [9.17, 15) is 9.59 Å². The van der Waals surface area contributed by atoms with Crippen molar-refractivity contribution in [3.63, 3.8) is 0 Å². The predicted octanol–water partition coefficient (Wildman–Crippen LogP) is 3.88. The molecule has 1 heterocycles. The van der Waals surface area contributed by atoms with Crippen LogP contribution in [0.1, 0.15) is 59.3 Å². The summed E-state index contributed by atoms with van der Waals surface area (Å²) in [6.07, 6.45) is 7.19. The van der Waals surface area contributed by atoms with E-state index in [1.807, 2.05) is 0 Å². The molecule has 1 atom stereocenters. The molecule has 4 fully saturated rings. The van der Waals surface area contributed by atoms with Gasteiger partial charge >= 0.3 is 6.03 Å². The molecule has 0 saturated heterocycles. The molecule has 4 aliphatic rings. The molecule has 9 heteroatoms. The molecule has 160 valence electrons. The number of nitrogens with zero attached hydrogens (tertiary/aromatic N) is 2. The molecular weight excluding hydrogens is 406 g/mol. The molecule has 3 amide bonds. The van der Waals surface area contributed by atoms with E-state index in [1.54, 1.807) is 6.92 Å². The lowest BCUT2D eigenvalue weighted by Gasteiger charge is -2.56. The largest absolute Gasteiger partial charge is 0.360 e. The van der Waals surface area contributed by atoms with Crippen molar-refractivity contribution in [3.8, 4) is 0 Å². The lowest BCUT2D eigenvalue weighted by molar-refractivity contribution is -0.119. The third-order valence-corrected chi connectivity index (χ3v) is 8.43. The van der Waals surface area contributed by atoms with Crippen molar-refractivity contribution >= 4 is 40.2 Å². The van der Waals surface area contributed by atoms with Gasteiger partial charge < -0.3 is 10.6 Å². The Bertz CT molecular complexity index is 731. The minimum atomic E-state index is -0.414. The Labute approximate surface area is 180 Å². The number of urea groups is 1. The van der Waals surface area contributed by atoms with E-state index >= 15 is 0 Å². The lowest BCUT2D eigenvalue weighted by atomic mass is 9.53. The fraction of sp³-hybridized carbons (Fsp3) is 0.800. The highest BCUT2D eigenvalue weighted by Crippen LogP contribution is 2.55. The third kappa shape index (κ3) is 5.05. The molecular formula is C20H31N5O2S2. The van der Waals surface area contributed by atoms with Gasteiger partial charge in [-0.1, -0.05) is 36.9 Å². The van der Waals surface area contributed by atoms with Gasteiger partial charge in [0.1, 0.15) is 0 Å². The summed E-state index contributed by atoms with van der Waals surface area (Å²) in [5.74, 6) is 2.49. The van der Waals surface area contributed by atoms with Crippen LogP contribution in [0, 0.1) is 23.7 Å². The molecule has 4 saturated carbocycles. The number of aromatic nitrogens is 2. The van der Waals surface area contributed by atoms with Crippen LogP contribution in [-0.2, 0) is 4.79 Å². The summed E-state index contributed by atoms with van der Waals surface area (Å²) in [4.78, 5) is 25.1. The molecule has 4 bridgehead atoms. The Balaban J connectivity index is 1.26. The fourth-order valence-corrected chi connectivity index (χ4v) is 7.48. The van der Waals surface area contributed by atoms with E-state index in [1.165, 1.54) is 42.4 Å². The number of anilines is 1. The zero-order chi connectivity index (χ0) is 20.6. The summed E-state index contributed by atoms with van der Waals surface area (Å²) >= 11 is 2.76. The van der Waals surface area contributed by atoms with Crippen molar-refractivity contribution in [1.29, 1.82) is 0 Å². The van der Waals surface area contributed by atoms with Gasteiger partial charge in [0.05, 0.1) is 5.25 Å². The minimum absolute atomic E-state index is 0.0916. The van der Waals surface area contributed by atoms with Crippen molar-refractivity contribution in [2.75, 3.05) is 11.9 Å². The summed E-state index contributed by atoms with van der Waals surface area (Å²) in [6.45, 7) is 6.88. The molecule has 0 aliphatic heterocycles. The minimum Gasteiger partial charge on any atom is -0.360 e. The monoisotopic (exact) mass is 437 g/mol. The van der Waals surface area contributed by atoms with Crippen LogP contribution in [0.5, 0.6) is 0 Å². The van der Waals surface area contributed by atoms with Gasteiger partial charge in [-0.15, -0.1) is 10.2 Å². The highest BCUT2D eigenvalue weighted by molar-refractivity contribution is 8.02. The van der Waals surface area contributed by atoms with Crippen LogP contribution in [-0.4, -0.2) is 39.5 Å². The van der Waals surface area contributed by atoms with Crippen LogP contribution >= 0.6 is 23.1 Å². The van der Waals surface area contributed by atoms with E-state index in [-0.39, 0.29) is 17.5 Å². The Morgan fingerprint density at radius 1 is 1.10 bits per heavy atom. The van der Waals surface area contributed by atoms with E-state index in [2.05, 4.69) is 40.0 Å². The number of carbonyl (C=O) groups is 2. The highest BCUT2D eigenvalue weighted by atomic mass is 32.2. The van der Waals surface area contributed by atoms with Gasteiger partial charge in [-0.05, 0) is 69.1 Å². The SMILES string of the molecule is CC(C)CNc1nnc(SC(C)C(=O)NC(=O)NC23CC4CC(CC(C4)C2)C3)s1. The van der Waals surface area contributed by atoms with Gasteiger partial charge in [0, 0.05) is 12.1 Å². The molecule has 1 unspecified atom stereocenters. The van der Waals surface area contributed by atoms with Crippen molar-refractivity contribution < 1.29 is 9.59 Å². The topological polar surface area (TPSA) is 96.0 Å². The molecule has 0 aromatic carbocycles. The number of thioether (sulfide) groups is 1. The number of hydrogen-bond donors (Lipinski definition) is 3. The average Bonchev–Trinajstić information content (AvgIpc) is 3.05. The van der Waals surface area contributed by atoms with Crippen LogP contribution in [0.25, 0.3) is 0 Å². The molecule has 29 heavy (non-hydrogen) atoms. The Hall–Kier alpha value is -1.35. The number of imide groups is 1. The Kier molecular flexibility index (Phi) is 6.06. The molecule has 7 nitrogen and oxygen atoms in total. The number of carbonyl (C=O) groups excluding carboxylic acids is 2. The third-order valence-electron chi connectivity index (χ3n) is 6.37. The van der Waals surface area contributed by atoms with Gasteiger partial charge in [0.2, 0.25) is 11.0 Å². The molecule has 0 radical (unpaired) electrons. The first kappa shape index (κ1) is 20.9. The second-order valence-electron chi connectivity index (χ2n) is 9.55. The second-order valence-corrected chi connectivity index (χ2v) is 12.1. The number of hydrogen-bond acceptors (Lipinski definition) is 7. The average molecular weight is 438 g/mol. The number of rotatable bonds is 7. The summed E-state index contributed by atoms with van der Waals surface area (Å²) in [5.41, 5.74) is -0.0916. The summed E-state index contributed by atoms with van der Waals surface area (Å²) in [7, 11) is 0. The van der Waals surface area contributed by atoms with Crippen molar-refractivity contribution in [2.24, 2.45) is 23.7 Å². The highest BCUT2D eigenvalue weighted by Gasteiger charge is 2.51. The summed E-state index contributed by atoms with van der Waals surface area (Å²) < 4.78 is 0.723. The van der Waals surface area contributed by atoms with Gasteiger partial charge in [0.25, 0.3) is 0 Å². The van der Waals surface area contributed by atoms with E-state index in [0.717, 1.165) is 53.0 Å². The number of amides is 3. The summed E-state index contributed by atoms with van der Waals surface area (Å²) in [5, 5.41) is 17.6. The van der Waals surface area contributed by atoms with Crippen LogP contribution in [0.2, 0.25) is 0 Å². The molecule has 1 aromatic heterocycles. The maximum Gasteiger partial charge on any atom is 0.321 e. The van der Waals surface area contributed by atoms with Crippen molar-refractivity contribution in [3.05, 3.63) is 0 Å². The van der Waals surface area contributed by atoms with Crippen LogP contribution < -0.4 is 16.0 Å². The molecule has 3 N–H and O–H groups in total. The Morgan fingerprint density at radius 3 is 2.31 bits per heavy atom. The maximum absolute atomic E-state index is 12.6. The quantitative estimate of drug-likeness (QED) is 0.560. The van der Waals surface area contributed by atoms with Crippen LogP contribution in [0.15, 0.2) is 4.34 Å². The van der Waals surface area contributed by atoms with Gasteiger partial charge in [0.15, 0.2) is 4.34 Å². The lowest BCUT2D eigenvalue weighted by Crippen LogP contribution is -2.62. The van der Waals surface area contributed by atoms with Crippen molar-refractivity contribution in [1.82, 2.24) is 20.8 Å². The zero-order valence-corrected chi connectivity index (χ0v) is 19.0. The first-order valence-electron chi connectivity index (χ1n) is 10.7. The predicted molar refractivity (Wildman–Crippen MR) is 116 cm³/mol. The van der Waals surface area contributed by atoms with E-state index in [0.29, 0.717) is 5.92 Å². The normalized spacial score (nSPS) is 31.0. The molecule has 1 aromatic rings. The first-order chi connectivity index (χ1) is 13.8. The number of nitrogens with one attached hydrogen (secondary N) is 3. The van der Waals surface area contributed by atoms with Crippen LogP contribution in [0.4, 0.5) is 9.93 Å². The van der Waals surface area contributed by atoms with Crippen molar-refractivity contribution in [2.45, 2.75) is 74.4 Å². The van der Waals surface area contributed by atoms with Gasteiger partial charge in [-0.3, -0.25) is 10.1 Å². The van der Waals surface area contributed by atoms with Gasteiger partial charge in [-0.2, -0.15) is 0 Å². The fourth-order valence-electron chi connectivity index (χ4n) is 5.57. The van der Waals surface area contributed by atoms with Gasteiger partial charge in [-0.25, -0.2) is 4.79 Å². The first-order valence-corrected chi connectivity index (χ1v) is 12.4. The maximum atomic E-state index is 12.6. The smallest absolute Gasteiger partial charge is 0.321 e. The summed E-state index contributed by atoms with van der Waals surface area (Å²) in [6, 6.07) is -0.346. The zero-order valence-electron chi connectivity index (χ0n) is 17.4. The standard InChI is InChI=1S/C20H31N5O2S2/c1-11(2)10-21-18-24-25-19(29-18)28-12(3)16(26)22-17(27)23-20-7-13-4-14(8-20)6-15(5-13)9-20/h11-15H,4-10H2,1-3H3,(H,21,24)(H2,22,23,26,27). The second kappa shape index (κ2) is 8.41. The van der Waals surface area contributed by atoms with Crippen LogP contribution in [0.3, 0.4) is 0 Å². The molecule has 5 rings (SSSR count). The van der Waals surface area contributed by atoms with E-state index in [4.69, 9.17) is 0 Å². The van der Waals surface area contributed by atoms with E-state index < -0.39 is 5.25 Å². The molecule has 0 spiro atoms. The Morgan fingerprint density at radius 2 is 1.72 bits per heavy atom.